The summed E-state index contributed by atoms with van der Waals surface area (Å²) in [6, 6.07) is 3.58. The average Bonchev–Trinajstić information content (AvgIpc) is 2.47. The molecule has 3 nitrogen and oxygen atoms in total. The van der Waals surface area contributed by atoms with E-state index in [4.69, 9.17) is 4.74 Å². The van der Waals surface area contributed by atoms with Gasteiger partial charge in [0, 0.05) is 17.0 Å². The molecular formula is C9H9NO2S. The van der Waals surface area contributed by atoms with Gasteiger partial charge in [-0.15, -0.1) is 12.6 Å². The number of benzene rings is 1. The van der Waals surface area contributed by atoms with Crippen LogP contribution < -0.4 is 10.1 Å². The number of thiol groups is 1. The summed E-state index contributed by atoms with van der Waals surface area (Å²) in [5, 5.41) is 2.74. The Labute approximate surface area is 81.5 Å². The summed E-state index contributed by atoms with van der Waals surface area (Å²) >= 11 is 4.21. The van der Waals surface area contributed by atoms with Gasteiger partial charge in [-0.1, -0.05) is 0 Å². The van der Waals surface area contributed by atoms with Crippen LogP contribution in [0.25, 0.3) is 0 Å². The summed E-state index contributed by atoms with van der Waals surface area (Å²) in [5.41, 5.74) is 1.67. The topological polar surface area (TPSA) is 38.3 Å². The molecule has 0 atom stereocenters. The summed E-state index contributed by atoms with van der Waals surface area (Å²) in [6.45, 7) is 0.582. The molecule has 4 heteroatoms. The fraction of sp³-hybridized carbons (Fsp3) is 0.222. The third kappa shape index (κ3) is 1.27. The average molecular weight is 195 g/mol. The lowest BCUT2D eigenvalue weighted by atomic mass is 10.1. The van der Waals surface area contributed by atoms with Gasteiger partial charge in [0.1, 0.15) is 5.75 Å². The molecule has 1 heterocycles. The number of hydrogen-bond acceptors (Lipinski definition) is 3. The molecule has 0 saturated heterocycles. The standard InChI is InChI=1S/C9H9NO2S/c1-12-7-2-5-4-10-9(11)6(5)3-8(7)13/h2-3,13H,4H2,1H3,(H,10,11). The first-order valence-corrected chi connectivity index (χ1v) is 4.35. The van der Waals surface area contributed by atoms with E-state index < -0.39 is 0 Å². The normalized spacial score (nSPS) is 13.8. The van der Waals surface area contributed by atoms with E-state index in [1.165, 1.54) is 0 Å². The second kappa shape index (κ2) is 2.96. The van der Waals surface area contributed by atoms with Crippen molar-refractivity contribution in [1.82, 2.24) is 5.32 Å². The highest BCUT2D eigenvalue weighted by molar-refractivity contribution is 7.80. The Kier molecular flexibility index (Phi) is 1.92. The first-order chi connectivity index (χ1) is 6.22. The molecule has 68 valence electrons. The maximum atomic E-state index is 11.2. The fourth-order valence-corrected chi connectivity index (χ4v) is 1.69. The van der Waals surface area contributed by atoms with Crippen molar-refractivity contribution in [2.24, 2.45) is 0 Å². The predicted molar refractivity (Wildman–Crippen MR) is 51.4 cm³/mol. The molecule has 1 N–H and O–H groups in total. The SMILES string of the molecule is COc1cc2c(cc1S)C(=O)NC2. The molecule has 0 unspecified atom stereocenters. The van der Waals surface area contributed by atoms with E-state index in [0.717, 1.165) is 5.56 Å². The highest BCUT2D eigenvalue weighted by atomic mass is 32.1. The molecule has 0 aliphatic carbocycles. The number of carbonyl (C=O) groups is 1. The molecule has 13 heavy (non-hydrogen) atoms. The van der Waals surface area contributed by atoms with Crippen LogP contribution >= 0.6 is 12.6 Å². The Hall–Kier alpha value is -1.16. The fourth-order valence-electron chi connectivity index (χ4n) is 1.40. The van der Waals surface area contributed by atoms with E-state index in [9.17, 15) is 4.79 Å². The van der Waals surface area contributed by atoms with Gasteiger partial charge in [0.2, 0.25) is 0 Å². The molecule has 1 aliphatic rings. The van der Waals surface area contributed by atoms with E-state index >= 15 is 0 Å². The van der Waals surface area contributed by atoms with E-state index in [1.54, 1.807) is 13.2 Å². The van der Waals surface area contributed by atoms with Crippen LogP contribution in [0.1, 0.15) is 15.9 Å². The van der Waals surface area contributed by atoms with Crippen molar-refractivity contribution in [3.8, 4) is 5.75 Å². The molecule has 0 saturated carbocycles. The second-order valence-electron chi connectivity index (χ2n) is 2.86. The molecule has 2 rings (SSSR count). The lowest BCUT2D eigenvalue weighted by molar-refractivity contribution is 0.0965. The number of ether oxygens (including phenoxy) is 1. The van der Waals surface area contributed by atoms with Crippen molar-refractivity contribution < 1.29 is 9.53 Å². The highest BCUT2D eigenvalue weighted by Crippen LogP contribution is 2.28. The quantitative estimate of drug-likeness (QED) is 0.661. The zero-order chi connectivity index (χ0) is 9.42. The van der Waals surface area contributed by atoms with Crippen LogP contribution in [-0.2, 0) is 6.54 Å². The van der Waals surface area contributed by atoms with Crippen LogP contribution in [0, 0.1) is 0 Å². The van der Waals surface area contributed by atoms with Crippen LogP contribution in [0.2, 0.25) is 0 Å². The summed E-state index contributed by atoms with van der Waals surface area (Å²) < 4.78 is 5.09. The number of carbonyl (C=O) groups excluding carboxylic acids is 1. The summed E-state index contributed by atoms with van der Waals surface area (Å²) in [5.74, 6) is 0.673. The van der Waals surface area contributed by atoms with Gasteiger partial charge in [-0.3, -0.25) is 4.79 Å². The summed E-state index contributed by atoms with van der Waals surface area (Å²) in [7, 11) is 1.59. The molecule has 1 aliphatic heterocycles. The van der Waals surface area contributed by atoms with E-state index in [1.807, 2.05) is 6.07 Å². The molecule has 0 spiro atoms. The number of hydrogen-bond donors (Lipinski definition) is 2. The monoisotopic (exact) mass is 195 g/mol. The third-order valence-corrected chi connectivity index (χ3v) is 2.44. The molecule has 1 amide bonds. The van der Waals surface area contributed by atoms with Gasteiger partial charge in [-0.25, -0.2) is 0 Å². The van der Waals surface area contributed by atoms with Crippen molar-refractivity contribution in [3.05, 3.63) is 23.3 Å². The first-order valence-electron chi connectivity index (χ1n) is 3.90. The summed E-state index contributed by atoms with van der Waals surface area (Å²) in [4.78, 5) is 11.9. The van der Waals surface area contributed by atoms with Crippen LogP contribution in [0.5, 0.6) is 5.75 Å². The van der Waals surface area contributed by atoms with Crippen molar-refractivity contribution >= 4 is 18.5 Å². The molecular weight excluding hydrogens is 186 g/mol. The van der Waals surface area contributed by atoms with Crippen molar-refractivity contribution in [2.75, 3.05) is 7.11 Å². The maximum absolute atomic E-state index is 11.2. The van der Waals surface area contributed by atoms with E-state index in [0.29, 0.717) is 22.8 Å². The number of methoxy groups -OCH3 is 1. The minimum Gasteiger partial charge on any atom is -0.496 e. The van der Waals surface area contributed by atoms with Crippen molar-refractivity contribution in [2.45, 2.75) is 11.4 Å². The van der Waals surface area contributed by atoms with E-state index in [-0.39, 0.29) is 5.91 Å². The Morgan fingerprint density at radius 2 is 2.31 bits per heavy atom. The number of amides is 1. The van der Waals surface area contributed by atoms with Crippen molar-refractivity contribution in [3.63, 3.8) is 0 Å². The predicted octanol–water partition coefficient (Wildman–Crippen LogP) is 1.23. The largest absolute Gasteiger partial charge is 0.496 e. The lowest BCUT2D eigenvalue weighted by Gasteiger charge is -2.05. The minimum atomic E-state index is -0.0343. The minimum absolute atomic E-state index is 0.0343. The first kappa shape index (κ1) is 8.44. The van der Waals surface area contributed by atoms with Gasteiger partial charge in [-0.05, 0) is 17.7 Å². The van der Waals surface area contributed by atoms with Gasteiger partial charge >= 0.3 is 0 Å². The number of fused-ring (bicyclic) bond motifs is 1. The van der Waals surface area contributed by atoms with Crippen molar-refractivity contribution in [1.29, 1.82) is 0 Å². The zero-order valence-electron chi connectivity index (χ0n) is 7.13. The van der Waals surface area contributed by atoms with Gasteiger partial charge in [0.05, 0.1) is 7.11 Å². The second-order valence-corrected chi connectivity index (χ2v) is 3.35. The Bertz CT molecular complexity index is 376. The van der Waals surface area contributed by atoms with Crippen LogP contribution in [0.3, 0.4) is 0 Å². The van der Waals surface area contributed by atoms with Gasteiger partial charge in [0.25, 0.3) is 5.91 Å². The van der Waals surface area contributed by atoms with Crippen LogP contribution in [0.4, 0.5) is 0 Å². The van der Waals surface area contributed by atoms with Gasteiger partial charge in [-0.2, -0.15) is 0 Å². The highest BCUT2D eigenvalue weighted by Gasteiger charge is 2.20. The molecule has 0 radical (unpaired) electrons. The molecule has 0 aromatic heterocycles. The van der Waals surface area contributed by atoms with E-state index in [2.05, 4.69) is 17.9 Å². The summed E-state index contributed by atoms with van der Waals surface area (Å²) in [6.07, 6.45) is 0. The smallest absolute Gasteiger partial charge is 0.251 e. The molecule has 0 fully saturated rings. The Morgan fingerprint density at radius 1 is 1.54 bits per heavy atom. The van der Waals surface area contributed by atoms with Gasteiger partial charge < -0.3 is 10.1 Å². The zero-order valence-corrected chi connectivity index (χ0v) is 8.02. The van der Waals surface area contributed by atoms with Crippen LogP contribution in [0.15, 0.2) is 17.0 Å². The molecule has 0 bridgehead atoms. The third-order valence-electron chi connectivity index (χ3n) is 2.09. The molecule has 1 aromatic carbocycles. The number of rotatable bonds is 1. The lowest BCUT2D eigenvalue weighted by Crippen LogP contribution is -2.12. The maximum Gasteiger partial charge on any atom is 0.251 e. The Balaban J connectivity index is 2.56. The van der Waals surface area contributed by atoms with Gasteiger partial charge in [0.15, 0.2) is 0 Å². The number of nitrogens with one attached hydrogen (secondary N) is 1. The molecule has 1 aromatic rings. The van der Waals surface area contributed by atoms with Crippen LogP contribution in [-0.4, -0.2) is 13.0 Å². The Morgan fingerprint density at radius 3 is 3.00 bits per heavy atom.